The van der Waals surface area contributed by atoms with E-state index >= 15 is 0 Å². The highest BCUT2D eigenvalue weighted by atomic mass is 32.2. The molecule has 0 spiro atoms. The topological polar surface area (TPSA) is 66.6 Å². The van der Waals surface area contributed by atoms with Crippen LogP contribution in [-0.2, 0) is 10.0 Å². The smallest absolute Gasteiger partial charge is 0.246 e. The van der Waals surface area contributed by atoms with Gasteiger partial charge in [-0.2, -0.15) is 4.31 Å². The molecule has 0 fully saturated rings. The molecular weight excluding hydrogens is 281 g/mol. The Morgan fingerprint density at radius 3 is 2.40 bits per heavy atom. The average Bonchev–Trinajstić information content (AvgIpc) is 2.36. The molecule has 0 aliphatic heterocycles. The highest BCUT2D eigenvalue weighted by Gasteiger charge is 2.27. The summed E-state index contributed by atoms with van der Waals surface area (Å²) >= 11 is 0. The molecule has 0 unspecified atom stereocenters. The molecule has 0 saturated carbocycles. The van der Waals surface area contributed by atoms with Crippen molar-refractivity contribution in [3.63, 3.8) is 0 Å². The van der Waals surface area contributed by atoms with Gasteiger partial charge >= 0.3 is 0 Å². The molecule has 1 aromatic rings. The van der Waals surface area contributed by atoms with Gasteiger partial charge in [-0.1, -0.05) is 6.92 Å². The minimum Gasteiger partial charge on any atom is -0.399 e. The Labute approximate surface area is 120 Å². The predicted molar refractivity (Wildman–Crippen MR) is 78.4 cm³/mol. The average molecular weight is 303 g/mol. The SMILES string of the molecule is CCCN(CCN(C)C)S(=O)(=O)c1cc(N)ccc1F. The van der Waals surface area contributed by atoms with Crippen LogP contribution in [0.2, 0.25) is 0 Å². The molecule has 20 heavy (non-hydrogen) atoms. The minimum atomic E-state index is -3.86. The molecule has 2 N–H and O–H groups in total. The third-order valence-corrected chi connectivity index (χ3v) is 4.76. The number of likely N-dealkylation sites (N-methyl/N-ethyl adjacent to an activating group) is 1. The second-order valence-electron chi connectivity index (χ2n) is 4.90. The van der Waals surface area contributed by atoms with Gasteiger partial charge in [0.25, 0.3) is 0 Å². The number of rotatable bonds is 7. The van der Waals surface area contributed by atoms with Crippen molar-refractivity contribution in [1.29, 1.82) is 0 Å². The number of nitrogens with two attached hydrogens (primary N) is 1. The van der Waals surface area contributed by atoms with Crippen LogP contribution in [0, 0.1) is 5.82 Å². The maximum Gasteiger partial charge on any atom is 0.246 e. The van der Waals surface area contributed by atoms with E-state index in [1.165, 1.54) is 16.4 Å². The van der Waals surface area contributed by atoms with E-state index in [-0.39, 0.29) is 10.6 Å². The van der Waals surface area contributed by atoms with Gasteiger partial charge in [-0.3, -0.25) is 0 Å². The maximum atomic E-state index is 13.8. The van der Waals surface area contributed by atoms with E-state index in [0.29, 0.717) is 26.1 Å². The number of halogens is 1. The number of anilines is 1. The molecule has 0 amide bonds. The largest absolute Gasteiger partial charge is 0.399 e. The molecule has 0 aliphatic carbocycles. The lowest BCUT2D eigenvalue weighted by Gasteiger charge is -2.23. The van der Waals surface area contributed by atoms with Crippen molar-refractivity contribution >= 4 is 15.7 Å². The number of sulfonamides is 1. The quantitative estimate of drug-likeness (QED) is 0.773. The van der Waals surface area contributed by atoms with Gasteiger partial charge in [0, 0.05) is 25.3 Å². The van der Waals surface area contributed by atoms with Crippen LogP contribution in [0.25, 0.3) is 0 Å². The van der Waals surface area contributed by atoms with Crippen LogP contribution in [0.3, 0.4) is 0 Å². The Morgan fingerprint density at radius 2 is 1.85 bits per heavy atom. The van der Waals surface area contributed by atoms with E-state index in [1.54, 1.807) is 0 Å². The molecule has 114 valence electrons. The summed E-state index contributed by atoms with van der Waals surface area (Å²) in [5, 5.41) is 0. The van der Waals surface area contributed by atoms with E-state index in [9.17, 15) is 12.8 Å². The maximum absolute atomic E-state index is 13.8. The summed E-state index contributed by atoms with van der Waals surface area (Å²) in [6.45, 7) is 3.12. The van der Waals surface area contributed by atoms with E-state index in [0.717, 1.165) is 6.07 Å². The standard InChI is InChI=1S/C13H22FN3O2S/c1-4-7-17(9-8-16(2)3)20(18,19)13-10-11(15)5-6-12(13)14/h5-6,10H,4,7-9,15H2,1-3H3. The summed E-state index contributed by atoms with van der Waals surface area (Å²) in [5.74, 6) is -0.773. The first-order valence-electron chi connectivity index (χ1n) is 6.49. The molecule has 0 aromatic heterocycles. The lowest BCUT2D eigenvalue weighted by atomic mass is 10.3. The highest BCUT2D eigenvalue weighted by molar-refractivity contribution is 7.89. The summed E-state index contributed by atoms with van der Waals surface area (Å²) < 4.78 is 40.1. The van der Waals surface area contributed by atoms with Crippen molar-refractivity contribution in [2.24, 2.45) is 0 Å². The Hall–Kier alpha value is -1.18. The van der Waals surface area contributed by atoms with E-state index in [2.05, 4.69) is 0 Å². The molecule has 0 atom stereocenters. The Morgan fingerprint density at radius 1 is 1.20 bits per heavy atom. The van der Waals surface area contributed by atoms with Crippen molar-refractivity contribution in [3.05, 3.63) is 24.0 Å². The normalized spacial score (nSPS) is 12.3. The Kier molecular flexibility index (Phi) is 5.91. The second-order valence-corrected chi connectivity index (χ2v) is 6.80. The summed E-state index contributed by atoms with van der Waals surface area (Å²) in [7, 11) is -0.142. The van der Waals surface area contributed by atoms with Crippen LogP contribution in [0.15, 0.2) is 23.1 Å². The van der Waals surface area contributed by atoms with Gasteiger partial charge < -0.3 is 10.6 Å². The molecule has 7 heteroatoms. The van der Waals surface area contributed by atoms with Gasteiger partial charge in [-0.15, -0.1) is 0 Å². The first-order valence-corrected chi connectivity index (χ1v) is 7.93. The first-order chi connectivity index (χ1) is 9.28. The second kappa shape index (κ2) is 7.01. The molecule has 0 saturated heterocycles. The fourth-order valence-corrected chi connectivity index (χ4v) is 3.39. The van der Waals surface area contributed by atoms with E-state index < -0.39 is 15.8 Å². The predicted octanol–water partition coefficient (Wildman–Crippen LogP) is 1.37. The first kappa shape index (κ1) is 16.9. The van der Waals surface area contributed by atoms with Crippen molar-refractivity contribution < 1.29 is 12.8 Å². The number of hydrogen-bond donors (Lipinski definition) is 1. The zero-order chi connectivity index (χ0) is 15.3. The van der Waals surface area contributed by atoms with Gasteiger partial charge in [0.15, 0.2) is 0 Å². The summed E-state index contributed by atoms with van der Waals surface area (Å²) in [5.41, 5.74) is 5.79. The van der Waals surface area contributed by atoms with E-state index in [4.69, 9.17) is 5.73 Å². The molecule has 0 heterocycles. The number of hydrogen-bond acceptors (Lipinski definition) is 4. The van der Waals surface area contributed by atoms with Gasteiger partial charge in [-0.25, -0.2) is 12.8 Å². The van der Waals surface area contributed by atoms with Crippen molar-refractivity contribution in [3.8, 4) is 0 Å². The molecule has 0 aliphatic rings. The van der Waals surface area contributed by atoms with Crippen molar-refractivity contribution in [2.75, 3.05) is 39.5 Å². The van der Waals surface area contributed by atoms with Gasteiger partial charge in [0.1, 0.15) is 10.7 Å². The monoisotopic (exact) mass is 303 g/mol. The number of nitrogen functional groups attached to an aromatic ring is 1. The summed E-state index contributed by atoms with van der Waals surface area (Å²) in [6, 6.07) is 3.60. The van der Waals surface area contributed by atoms with Gasteiger partial charge in [0.05, 0.1) is 0 Å². The zero-order valence-electron chi connectivity index (χ0n) is 12.1. The third-order valence-electron chi connectivity index (χ3n) is 2.84. The van der Waals surface area contributed by atoms with Crippen LogP contribution in [0.4, 0.5) is 10.1 Å². The molecule has 1 rings (SSSR count). The fourth-order valence-electron chi connectivity index (χ4n) is 1.77. The van der Waals surface area contributed by atoms with Gasteiger partial charge in [0.2, 0.25) is 10.0 Å². The van der Waals surface area contributed by atoms with Crippen LogP contribution >= 0.6 is 0 Å². The van der Waals surface area contributed by atoms with Crippen LogP contribution in [0.5, 0.6) is 0 Å². The van der Waals surface area contributed by atoms with E-state index in [1.807, 2.05) is 25.9 Å². The lowest BCUT2D eigenvalue weighted by Crippen LogP contribution is -2.37. The number of benzene rings is 1. The van der Waals surface area contributed by atoms with Crippen LogP contribution < -0.4 is 5.73 Å². The van der Waals surface area contributed by atoms with Crippen molar-refractivity contribution in [2.45, 2.75) is 18.2 Å². The van der Waals surface area contributed by atoms with Crippen LogP contribution in [-0.4, -0.2) is 51.4 Å². The zero-order valence-corrected chi connectivity index (χ0v) is 13.0. The van der Waals surface area contributed by atoms with Gasteiger partial charge in [-0.05, 0) is 38.7 Å². The molecule has 1 aromatic carbocycles. The Bertz CT molecular complexity index is 547. The fraction of sp³-hybridized carbons (Fsp3) is 0.538. The van der Waals surface area contributed by atoms with Crippen LogP contribution in [0.1, 0.15) is 13.3 Å². The number of nitrogens with zero attached hydrogens (tertiary/aromatic N) is 2. The Balaban J connectivity index is 3.12. The third kappa shape index (κ3) is 4.16. The highest BCUT2D eigenvalue weighted by Crippen LogP contribution is 2.22. The molecule has 0 bridgehead atoms. The summed E-state index contributed by atoms with van der Waals surface area (Å²) in [4.78, 5) is 1.53. The molecule has 5 nitrogen and oxygen atoms in total. The lowest BCUT2D eigenvalue weighted by molar-refractivity contribution is 0.332. The summed E-state index contributed by atoms with van der Waals surface area (Å²) in [6.07, 6.45) is 0.663. The minimum absolute atomic E-state index is 0.231. The van der Waals surface area contributed by atoms with Crippen molar-refractivity contribution in [1.82, 2.24) is 9.21 Å². The molecule has 0 radical (unpaired) electrons. The molecular formula is C13H22FN3O2S.